The van der Waals surface area contributed by atoms with Gasteiger partial charge in [-0.25, -0.2) is 0 Å². The molecule has 1 atom stereocenters. The Bertz CT molecular complexity index is 349. The second kappa shape index (κ2) is 8.59. The van der Waals surface area contributed by atoms with Gasteiger partial charge in [-0.15, -0.1) is 12.4 Å². The number of hydrogen-bond donors (Lipinski definition) is 1. The molecule has 2 N–H and O–H groups in total. The lowest BCUT2D eigenvalue weighted by molar-refractivity contribution is -0.140. The maximum absolute atomic E-state index is 12.3. The molecule has 0 bridgehead atoms. The van der Waals surface area contributed by atoms with Gasteiger partial charge in [-0.2, -0.15) is 0 Å². The number of carbonyl (C=O) groups is 2. The third kappa shape index (κ3) is 5.15. The minimum Gasteiger partial charge on any atom is -0.339 e. The molecule has 2 aliphatic rings. The number of halogens is 1. The van der Waals surface area contributed by atoms with E-state index in [0.717, 1.165) is 0 Å². The van der Waals surface area contributed by atoms with Gasteiger partial charge in [0.1, 0.15) is 0 Å². The highest BCUT2D eigenvalue weighted by Crippen LogP contribution is 2.27. The van der Waals surface area contributed by atoms with E-state index in [4.69, 9.17) is 5.73 Å². The summed E-state index contributed by atoms with van der Waals surface area (Å²) in [7, 11) is 0. The van der Waals surface area contributed by atoms with Crippen LogP contribution >= 0.6 is 12.4 Å². The molecule has 2 rings (SSSR count). The van der Waals surface area contributed by atoms with Crippen molar-refractivity contribution in [2.24, 2.45) is 11.7 Å². The summed E-state index contributed by atoms with van der Waals surface area (Å²) in [5.41, 5.74) is 5.61. The average Bonchev–Trinajstić information content (AvgIpc) is 2.47. The Morgan fingerprint density at radius 1 is 1.05 bits per heavy atom. The summed E-state index contributed by atoms with van der Waals surface area (Å²) in [6, 6.07) is -0.445. The minimum absolute atomic E-state index is 0. The van der Waals surface area contributed by atoms with Gasteiger partial charge in [-0.1, -0.05) is 19.3 Å². The molecule has 0 aromatic rings. The first-order valence-electron chi connectivity index (χ1n) is 7.90. The average molecular weight is 318 g/mol. The number of rotatable bonds is 3. The Labute approximate surface area is 133 Å². The van der Waals surface area contributed by atoms with E-state index >= 15 is 0 Å². The number of hydrogen-bond acceptors (Lipinski definition) is 3. The van der Waals surface area contributed by atoms with E-state index in [1.165, 1.54) is 32.1 Å². The van der Waals surface area contributed by atoms with Gasteiger partial charge in [0.2, 0.25) is 11.8 Å². The third-order valence-electron chi connectivity index (χ3n) is 4.52. The van der Waals surface area contributed by atoms with Crippen LogP contribution in [0.3, 0.4) is 0 Å². The molecule has 0 aromatic heterocycles. The summed E-state index contributed by atoms with van der Waals surface area (Å²) in [6.45, 7) is 4.27. The van der Waals surface area contributed by atoms with Crippen LogP contribution in [-0.4, -0.2) is 53.8 Å². The number of piperazine rings is 1. The molecule has 2 fully saturated rings. The second-order valence-corrected chi connectivity index (χ2v) is 6.20. The van der Waals surface area contributed by atoms with E-state index in [1.54, 1.807) is 11.8 Å². The van der Waals surface area contributed by atoms with E-state index in [0.29, 0.717) is 38.5 Å². The highest BCUT2D eigenvalue weighted by Gasteiger charge is 2.27. The molecule has 1 heterocycles. The largest absolute Gasteiger partial charge is 0.339 e. The second-order valence-electron chi connectivity index (χ2n) is 6.20. The van der Waals surface area contributed by atoms with Crippen molar-refractivity contribution in [1.29, 1.82) is 0 Å². The van der Waals surface area contributed by atoms with Crippen LogP contribution in [0.2, 0.25) is 0 Å². The molecule has 1 aliphatic carbocycles. The van der Waals surface area contributed by atoms with E-state index in [-0.39, 0.29) is 24.2 Å². The number of carbonyl (C=O) groups excluding carboxylic acids is 2. The van der Waals surface area contributed by atoms with E-state index < -0.39 is 6.04 Å². The van der Waals surface area contributed by atoms with Crippen LogP contribution in [0, 0.1) is 5.92 Å². The number of amides is 2. The zero-order valence-electron chi connectivity index (χ0n) is 12.9. The molecular weight excluding hydrogens is 290 g/mol. The molecule has 0 aromatic carbocycles. The molecule has 1 saturated carbocycles. The summed E-state index contributed by atoms with van der Waals surface area (Å²) < 4.78 is 0. The number of nitrogens with two attached hydrogens (primary N) is 1. The molecule has 0 unspecified atom stereocenters. The fraction of sp³-hybridized carbons (Fsp3) is 0.867. The van der Waals surface area contributed by atoms with Crippen LogP contribution in [0.5, 0.6) is 0 Å². The SMILES string of the molecule is C[C@@H](N)C(=O)N1CCN(C(=O)CC2CCCCC2)CC1.Cl. The van der Waals surface area contributed by atoms with Crippen LogP contribution in [0.25, 0.3) is 0 Å². The minimum atomic E-state index is -0.445. The highest BCUT2D eigenvalue weighted by atomic mass is 35.5. The molecule has 0 radical (unpaired) electrons. The lowest BCUT2D eigenvalue weighted by atomic mass is 9.86. The van der Waals surface area contributed by atoms with Gasteiger partial charge in [-0.3, -0.25) is 9.59 Å². The molecular formula is C15H28ClN3O2. The summed E-state index contributed by atoms with van der Waals surface area (Å²) in [6.07, 6.45) is 6.97. The van der Waals surface area contributed by atoms with Gasteiger partial charge in [0, 0.05) is 32.6 Å². The molecule has 2 amide bonds. The van der Waals surface area contributed by atoms with E-state index in [2.05, 4.69) is 0 Å². The van der Waals surface area contributed by atoms with Crippen LogP contribution in [0.4, 0.5) is 0 Å². The van der Waals surface area contributed by atoms with Crippen molar-refractivity contribution in [3.63, 3.8) is 0 Å². The van der Waals surface area contributed by atoms with Crippen molar-refractivity contribution in [3.8, 4) is 0 Å². The van der Waals surface area contributed by atoms with Crippen LogP contribution in [0.1, 0.15) is 45.4 Å². The van der Waals surface area contributed by atoms with Crippen molar-refractivity contribution < 1.29 is 9.59 Å². The van der Waals surface area contributed by atoms with Crippen LogP contribution < -0.4 is 5.73 Å². The zero-order valence-corrected chi connectivity index (χ0v) is 13.7. The van der Waals surface area contributed by atoms with Gasteiger partial charge in [-0.05, 0) is 25.7 Å². The summed E-state index contributed by atoms with van der Waals surface area (Å²) in [5.74, 6) is 0.842. The van der Waals surface area contributed by atoms with Gasteiger partial charge < -0.3 is 15.5 Å². The predicted molar refractivity (Wildman–Crippen MR) is 85.2 cm³/mol. The van der Waals surface area contributed by atoms with Gasteiger partial charge in [0.15, 0.2) is 0 Å². The first kappa shape index (κ1) is 18.2. The molecule has 122 valence electrons. The van der Waals surface area contributed by atoms with Gasteiger partial charge in [0.05, 0.1) is 6.04 Å². The van der Waals surface area contributed by atoms with Crippen LogP contribution in [0.15, 0.2) is 0 Å². The molecule has 6 heteroatoms. The maximum atomic E-state index is 12.3. The molecule has 0 spiro atoms. The Hall–Kier alpha value is -0.810. The smallest absolute Gasteiger partial charge is 0.239 e. The van der Waals surface area contributed by atoms with Crippen molar-refractivity contribution >= 4 is 24.2 Å². The summed E-state index contributed by atoms with van der Waals surface area (Å²) in [5, 5.41) is 0. The first-order valence-corrected chi connectivity index (χ1v) is 7.90. The van der Waals surface area contributed by atoms with E-state index in [1.807, 2.05) is 4.90 Å². The fourth-order valence-electron chi connectivity index (χ4n) is 3.23. The Kier molecular flexibility index (Phi) is 7.46. The van der Waals surface area contributed by atoms with Crippen molar-refractivity contribution in [1.82, 2.24) is 9.80 Å². The van der Waals surface area contributed by atoms with Crippen molar-refractivity contribution in [2.75, 3.05) is 26.2 Å². The van der Waals surface area contributed by atoms with Crippen molar-refractivity contribution in [2.45, 2.75) is 51.5 Å². The topological polar surface area (TPSA) is 66.6 Å². The van der Waals surface area contributed by atoms with Crippen LogP contribution in [-0.2, 0) is 9.59 Å². The molecule has 5 nitrogen and oxygen atoms in total. The maximum Gasteiger partial charge on any atom is 0.239 e. The lowest BCUT2D eigenvalue weighted by Crippen LogP contribution is -2.53. The standard InChI is InChI=1S/C15H27N3O2.ClH/c1-12(16)15(20)18-9-7-17(8-10-18)14(19)11-13-5-3-2-4-6-13;/h12-13H,2-11,16H2,1H3;1H/t12-;/m1./s1. The fourth-order valence-corrected chi connectivity index (χ4v) is 3.23. The number of nitrogens with zero attached hydrogens (tertiary/aromatic N) is 2. The Morgan fingerprint density at radius 2 is 1.57 bits per heavy atom. The van der Waals surface area contributed by atoms with Gasteiger partial charge >= 0.3 is 0 Å². The predicted octanol–water partition coefficient (Wildman–Crippen LogP) is 1.40. The normalized spacial score (nSPS) is 21.6. The summed E-state index contributed by atoms with van der Waals surface area (Å²) >= 11 is 0. The first-order chi connectivity index (χ1) is 9.58. The molecule has 1 saturated heterocycles. The Morgan fingerprint density at radius 3 is 2.10 bits per heavy atom. The molecule has 1 aliphatic heterocycles. The van der Waals surface area contributed by atoms with Crippen molar-refractivity contribution in [3.05, 3.63) is 0 Å². The molecule has 21 heavy (non-hydrogen) atoms. The summed E-state index contributed by atoms with van der Waals surface area (Å²) in [4.78, 5) is 27.8. The zero-order chi connectivity index (χ0) is 14.5. The third-order valence-corrected chi connectivity index (χ3v) is 4.52. The van der Waals surface area contributed by atoms with Gasteiger partial charge in [0.25, 0.3) is 0 Å². The lowest BCUT2D eigenvalue weighted by Gasteiger charge is -2.36. The Balaban J connectivity index is 0.00000220. The monoisotopic (exact) mass is 317 g/mol. The van der Waals surface area contributed by atoms with E-state index in [9.17, 15) is 9.59 Å². The highest BCUT2D eigenvalue weighted by molar-refractivity contribution is 5.85. The quantitative estimate of drug-likeness (QED) is 0.855.